The van der Waals surface area contributed by atoms with Crippen molar-refractivity contribution in [2.24, 2.45) is 0 Å². The van der Waals surface area contributed by atoms with Crippen molar-refractivity contribution in [1.82, 2.24) is 9.03 Å². The van der Waals surface area contributed by atoms with Crippen molar-refractivity contribution in [3.63, 3.8) is 0 Å². The van der Waals surface area contributed by atoms with Gasteiger partial charge in [0.2, 0.25) is 0 Å². The maximum absolute atomic E-state index is 11.3. The number of hydrogen-bond donors (Lipinski definition) is 1. The van der Waals surface area contributed by atoms with Crippen molar-refractivity contribution in [2.45, 2.75) is 26.7 Å². The molecule has 0 aliphatic rings. The average molecular weight is 194 g/mol. The summed E-state index contributed by atoms with van der Waals surface area (Å²) < 4.78 is 26.4. The smallest absolute Gasteiger partial charge is 0.205 e. The lowest BCUT2D eigenvalue weighted by molar-refractivity contribution is 0.405. The molecule has 0 aromatic heterocycles. The van der Waals surface area contributed by atoms with E-state index < -0.39 is 10.2 Å². The molecule has 0 bridgehead atoms. The van der Waals surface area contributed by atoms with Crippen molar-refractivity contribution in [3.8, 4) is 0 Å². The summed E-state index contributed by atoms with van der Waals surface area (Å²) in [4.78, 5) is 0. The third kappa shape index (κ3) is 3.51. The molecule has 0 saturated heterocycles. The lowest BCUT2D eigenvalue weighted by Crippen LogP contribution is -2.39. The van der Waals surface area contributed by atoms with Crippen LogP contribution in [0.4, 0.5) is 0 Å². The van der Waals surface area contributed by atoms with Gasteiger partial charge in [-0.2, -0.15) is 12.7 Å². The van der Waals surface area contributed by atoms with Crippen LogP contribution in [0.15, 0.2) is 0 Å². The molecule has 0 aromatic rings. The zero-order valence-electron chi connectivity index (χ0n) is 8.00. The molecule has 5 heteroatoms. The topological polar surface area (TPSA) is 49.4 Å². The van der Waals surface area contributed by atoms with Crippen molar-refractivity contribution >= 4 is 10.2 Å². The minimum absolute atomic E-state index is 0.594. The third-order valence-corrected chi connectivity index (χ3v) is 3.10. The SMILES string of the molecule is CCCN(CCC)S(=O)(=O)NC. The van der Waals surface area contributed by atoms with Gasteiger partial charge < -0.3 is 0 Å². The van der Waals surface area contributed by atoms with Gasteiger partial charge in [0.05, 0.1) is 0 Å². The highest BCUT2D eigenvalue weighted by Crippen LogP contribution is 1.99. The van der Waals surface area contributed by atoms with Gasteiger partial charge in [0.1, 0.15) is 0 Å². The molecule has 0 atom stereocenters. The third-order valence-electron chi connectivity index (χ3n) is 1.54. The summed E-state index contributed by atoms with van der Waals surface area (Å²) >= 11 is 0. The van der Waals surface area contributed by atoms with Gasteiger partial charge in [0.15, 0.2) is 0 Å². The van der Waals surface area contributed by atoms with E-state index in [9.17, 15) is 8.42 Å². The Hall–Kier alpha value is -0.130. The number of nitrogens with one attached hydrogen (secondary N) is 1. The first-order chi connectivity index (χ1) is 5.58. The minimum atomic E-state index is -3.20. The van der Waals surface area contributed by atoms with E-state index in [4.69, 9.17) is 0 Å². The van der Waals surface area contributed by atoms with E-state index in [2.05, 4.69) is 4.72 Å². The molecular weight excluding hydrogens is 176 g/mol. The molecule has 0 aromatic carbocycles. The average Bonchev–Trinajstić information content (AvgIpc) is 2.04. The monoisotopic (exact) mass is 194 g/mol. The van der Waals surface area contributed by atoms with Crippen molar-refractivity contribution < 1.29 is 8.42 Å². The van der Waals surface area contributed by atoms with Gasteiger partial charge in [-0.3, -0.25) is 0 Å². The van der Waals surface area contributed by atoms with Gasteiger partial charge in [-0.1, -0.05) is 13.8 Å². The molecule has 0 unspecified atom stereocenters. The fourth-order valence-electron chi connectivity index (χ4n) is 0.980. The minimum Gasteiger partial charge on any atom is -0.205 e. The van der Waals surface area contributed by atoms with Crippen LogP contribution < -0.4 is 4.72 Å². The van der Waals surface area contributed by atoms with Gasteiger partial charge >= 0.3 is 0 Å². The summed E-state index contributed by atoms with van der Waals surface area (Å²) in [7, 11) is -1.76. The second kappa shape index (κ2) is 5.50. The summed E-state index contributed by atoms with van der Waals surface area (Å²) in [6.45, 7) is 5.12. The number of rotatable bonds is 6. The summed E-state index contributed by atoms with van der Waals surface area (Å²) in [6, 6.07) is 0. The summed E-state index contributed by atoms with van der Waals surface area (Å²) in [5.74, 6) is 0. The van der Waals surface area contributed by atoms with E-state index in [0.29, 0.717) is 13.1 Å². The Balaban J connectivity index is 4.28. The molecule has 4 nitrogen and oxygen atoms in total. The van der Waals surface area contributed by atoms with E-state index in [-0.39, 0.29) is 0 Å². The van der Waals surface area contributed by atoms with Crippen molar-refractivity contribution in [1.29, 1.82) is 0 Å². The predicted octanol–water partition coefficient (Wildman–Crippen LogP) is 0.573. The summed E-state index contributed by atoms with van der Waals surface area (Å²) in [5.41, 5.74) is 0. The van der Waals surface area contributed by atoms with E-state index in [1.54, 1.807) is 0 Å². The first kappa shape index (κ1) is 11.9. The van der Waals surface area contributed by atoms with Gasteiger partial charge in [-0.25, -0.2) is 4.72 Å². The first-order valence-electron chi connectivity index (χ1n) is 4.27. The molecule has 1 N–H and O–H groups in total. The molecule has 74 valence electrons. The fourth-order valence-corrected chi connectivity index (χ4v) is 2.08. The highest BCUT2D eigenvalue weighted by Gasteiger charge is 2.16. The predicted molar refractivity (Wildman–Crippen MR) is 50.1 cm³/mol. The van der Waals surface area contributed by atoms with Crippen molar-refractivity contribution in [2.75, 3.05) is 20.1 Å². The largest absolute Gasteiger partial charge is 0.279 e. The van der Waals surface area contributed by atoms with E-state index in [0.717, 1.165) is 12.8 Å². The normalized spacial score (nSPS) is 12.3. The maximum Gasteiger partial charge on any atom is 0.279 e. The molecule has 0 heterocycles. The molecule has 0 aliphatic carbocycles. The molecule has 0 spiro atoms. The second-order valence-corrected chi connectivity index (χ2v) is 4.48. The highest BCUT2D eigenvalue weighted by atomic mass is 32.2. The highest BCUT2D eigenvalue weighted by molar-refractivity contribution is 7.87. The quantitative estimate of drug-likeness (QED) is 0.672. The molecule has 0 fully saturated rings. The van der Waals surface area contributed by atoms with Crippen LogP contribution in [0.2, 0.25) is 0 Å². The Labute approximate surface area is 75.1 Å². The Bertz CT molecular complexity index is 195. The zero-order chi connectivity index (χ0) is 9.61. The van der Waals surface area contributed by atoms with Crippen molar-refractivity contribution in [3.05, 3.63) is 0 Å². The summed E-state index contributed by atoms with van der Waals surface area (Å²) in [5, 5.41) is 0. The first-order valence-corrected chi connectivity index (χ1v) is 5.71. The van der Waals surface area contributed by atoms with Crippen LogP contribution in [0.25, 0.3) is 0 Å². The van der Waals surface area contributed by atoms with Crippen LogP contribution in [-0.4, -0.2) is 32.9 Å². The van der Waals surface area contributed by atoms with E-state index >= 15 is 0 Å². The Kier molecular flexibility index (Phi) is 5.44. The van der Waals surface area contributed by atoms with Crippen LogP contribution in [-0.2, 0) is 10.2 Å². The Morgan fingerprint density at radius 3 is 1.83 bits per heavy atom. The molecule has 0 amide bonds. The van der Waals surface area contributed by atoms with Crippen LogP contribution in [0.3, 0.4) is 0 Å². The van der Waals surface area contributed by atoms with Gasteiger partial charge in [0, 0.05) is 20.1 Å². The molecule has 0 radical (unpaired) electrons. The second-order valence-electron chi connectivity index (χ2n) is 2.61. The van der Waals surface area contributed by atoms with Crippen LogP contribution in [0, 0.1) is 0 Å². The van der Waals surface area contributed by atoms with E-state index in [1.807, 2.05) is 13.8 Å². The molecule has 0 rings (SSSR count). The molecule has 12 heavy (non-hydrogen) atoms. The lowest BCUT2D eigenvalue weighted by Gasteiger charge is -2.19. The standard InChI is InChI=1S/C7H18N2O2S/c1-4-6-9(7-5-2)12(10,11)8-3/h8H,4-7H2,1-3H3. The van der Waals surface area contributed by atoms with Gasteiger partial charge in [-0.05, 0) is 12.8 Å². The molecule has 0 aliphatic heterocycles. The maximum atomic E-state index is 11.3. The fraction of sp³-hybridized carbons (Fsp3) is 1.00. The van der Waals surface area contributed by atoms with Crippen LogP contribution in [0.5, 0.6) is 0 Å². The number of hydrogen-bond acceptors (Lipinski definition) is 2. The van der Waals surface area contributed by atoms with Crippen LogP contribution in [0.1, 0.15) is 26.7 Å². The molecule has 0 saturated carbocycles. The molecular formula is C7H18N2O2S. The van der Waals surface area contributed by atoms with Gasteiger partial charge in [-0.15, -0.1) is 0 Å². The Morgan fingerprint density at radius 1 is 1.17 bits per heavy atom. The van der Waals surface area contributed by atoms with E-state index in [1.165, 1.54) is 11.4 Å². The lowest BCUT2D eigenvalue weighted by atomic mass is 10.4. The summed E-state index contributed by atoms with van der Waals surface area (Å²) in [6.07, 6.45) is 1.70. The van der Waals surface area contributed by atoms with Crippen LogP contribution >= 0.6 is 0 Å². The zero-order valence-corrected chi connectivity index (χ0v) is 8.82. The van der Waals surface area contributed by atoms with Gasteiger partial charge in [0.25, 0.3) is 10.2 Å². The number of nitrogens with zero attached hydrogens (tertiary/aromatic N) is 1. The Morgan fingerprint density at radius 2 is 1.58 bits per heavy atom.